The van der Waals surface area contributed by atoms with Crippen LogP contribution in [0.5, 0.6) is 11.5 Å². The molecule has 2 aromatic carbocycles. The number of pyridine rings is 1. The van der Waals surface area contributed by atoms with Crippen LogP contribution in [-0.4, -0.2) is 59.5 Å². The number of nitrogens with two attached hydrogens (primary N) is 1. The predicted molar refractivity (Wildman–Crippen MR) is 156 cm³/mol. The predicted octanol–water partition coefficient (Wildman–Crippen LogP) is 4.39. The second-order valence-electron chi connectivity index (χ2n) is 9.85. The number of hydrogen-bond acceptors (Lipinski definition) is 9. The molecule has 4 N–H and O–H groups in total. The molecule has 14 heteroatoms. The number of nitrogens with one attached hydrogen (secondary N) is 2. The van der Waals surface area contributed by atoms with E-state index >= 15 is 0 Å². The molecule has 4 heterocycles. The minimum Gasteiger partial charge on any atom is -0.455 e. The first-order valence-corrected chi connectivity index (χ1v) is 14.9. The molecule has 6 rings (SSSR count). The third-order valence-electron chi connectivity index (χ3n) is 7.04. The van der Waals surface area contributed by atoms with E-state index in [0.717, 1.165) is 24.8 Å². The Morgan fingerprint density at radius 3 is 2.72 bits per heavy atom. The Labute approximate surface area is 252 Å². The number of nitrogen functional groups attached to an aromatic ring is 1. The van der Waals surface area contributed by atoms with Crippen molar-refractivity contribution in [2.45, 2.75) is 41.5 Å². The lowest BCUT2D eigenvalue weighted by Crippen LogP contribution is -2.48. The van der Waals surface area contributed by atoms with Gasteiger partial charge in [0.15, 0.2) is 0 Å². The van der Waals surface area contributed by atoms with Gasteiger partial charge in [-0.2, -0.15) is 8.78 Å². The van der Waals surface area contributed by atoms with Crippen LogP contribution >= 0.6 is 23.1 Å². The highest BCUT2D eigenvalue weighted by Crippen LogP contribution is 2.46. The van der Waals surface area contributed by atoms with Gasteiger partial charge >= 0.3 is 6.61 Å². The van der Waals surface area contributed by atoms with Crippen LogP contribution in [0.4, 0.5) is 14.6 Å². The van der Waals surface area contributed by atoms with E-state index in [9.17, 15) is 23.2 Å². The van der Waals surface area contributed by atoms with Gasteiger partial charge in [0.05, 0.1) is 29.0 Å². The lowest BCUT2D eigenvalue weighted by atomic mass is 10.1. The van der Waals surface area contributed by atoms with E-state index in [4.69, 9.17) is 10.5 Å². The van der Waals surface area contributed by atoms with E-state index in [-0.39, 0.29) is 25.1 Å². The maximum Gasteiger partial charge on any atom is 0.345 e. The quantitative estimate of drug-likeness (QED) is 0.231. The van der Waals surface area contributed by atoms with E-state index in [1.807, 2.05) is 36.4 Å². The molecule has 0 unspecified atom stereocenters. The molecule has 2 atom stereocenters. The van der Waals surface area contributed by atoms with Gasteiger partial charge in [0.2, 0.25) is 11.8 Å². The third-order valence-corrected chi connectivity index (χ3v) is 9.25. The number of fused-ring (bicyclic) bond motifs is 3. The van der Waals surface area contributed by atoms with Gasteiger partial charge in [-0.05, 0) is 42.5 Å². The molecule has 222 valence electrons. The number of aromatic nitrogens is 1. The van der Waals surface area contributed by atoms with Crippen molar-refractivity contribution >= 4 is 56.7 Å². The molecular formula is C29H25F2N5O5S2. The highest BCUT2D eigenvalue weighted by Gasteiger charge is 2.41. The van der Waals surface area contributed by atoms with Gasteiger partial charge in [-0.25, -0.2) is 4.98 Å². The number of anilines is 1. The first-order valence-electron chi connectivity index (χ1n) is 13.3. The number of halogens is 2. The monoisotopic (exact) mass is 625 g/mol. The molecular weight excluding hydrogens is 600 g/mol. The normalized spacial score (nSPS) is 17.3. The number of rotatable bonds is 8. The number of benzene rings is 2. The molecule has 4 aromatic rings. The van der Waals surface area contributed by atoms with Gasteiger partial charge in [-0.15, -0.1) is 11.3 Å². The summed E-state index contributed by atoms with van der Waals surface area (Å²) in [4.78, 5) is 47.1. The van der Waals surface area contributed by atoms with Crippen molar-refractivity contribution in [3.8, 4) is 11.5 Å². The van der Waals surface area contributed by atoms with Crippen LogP contribution in [0.1, 0.15) is 21.7 Å². The maximum atomic E-state index is 13.2. The second kappa shape index (κ2) is 12.1. The topological polar surface area (TPSA) is 136 Å². The highest BCUT2D eigenvalue weighted by atomic mass is 32.2. The summed E-state index contributed by atoms with van der Waals surface area (Å²) in [6, 6.07) is 15.1. The third kappa shape index (κ3) is 6.26. The van der Waals surface area contributed by atoms with Crippen LogP contribution in [-0.2, 0) is 20.9 Å². The minimum absolute atomic E-state index is 0.111. The van der Waals surface area contributed by atoms with Gasteiger partial charge < -0.3 is 30.7 Å². The summed E-state index contributed by atoms with van der Waals surface area (Å²) in [7, 11) is 0. The van der Waals surface area contributed by atoms with Crippen LogP contribution in [0.3, 0.4) is 0 Å². The molecule has 0 spiro atoms. The van der Waals surface area contributed by atoms with Crippen molar-refractivity contribution in [1.82, 2.24) is 20.5 Å². The van der Waals surface area contributed by atoms with Crippen LogP contribution in [0.2, 0.25) is 0 Å². The largest absolute Gasteiger partial charge is 0.455 e. The molecule has 2 aromatic heterocycles. The molecule has 2 aliphatic rings. The Hall–Kier alpha value is -4.27. The van der Waals surface area contributed by atoms with Crippen LogP contribution in [0.15, 0.2) is 70.6 Å². The Morgan fingerprint density at radius 1 is 1.09 bits per heavy atom. The average molecular weight is 626 g/mol. The molecule has 43 heavy (non-hydrogen) atoms. The van der Waals surface area contributed by atoms with Crippen LogP contribution in [0, 0.1) is 0 Å². The Bertz CT molecular complexity index is 1720. The van der Waals surface area contributed by atoms with E-state index < -0.39 is 43.0 Å². The van der Waals surface area contributed by atoms with Crippen molar-refractivity contribution < 1.29 is 32.6 Å². The minimum atomic E-state index is -3.06. The first kappa shape index (κ1) is 28.8. The van der Waals surface area contributed by atoms with Crippen LogP contribution < -0.4 is 21.1 Å². The lowest BCUT2D eigenvalue weighted by Gasteiger charge is -2.24. The fourth-order valence-corrected chi connectivity index (χ4v) is 6.95. The van der Waals surface area contributed by atoms with Crippen molar-refractivity contribution in [3.05, 3.63) is 71.2 Å². The summed E-state index contributed by atoms with van der Waals surface area (Å²) in [6.07, 6.45) is 0.446. The molecule has 0 bridgehead atoms. The number of nitrogens with zero attached hydrogens (tertiary/aromatic N) is 2. The molecule has 0 radical (unpaired) electrons. The van der Waals surface area contributed by atoms with E-state index in [0.29, 0.717) is 17.3 Å². The van der Waals surface area contributed by atoms with Crippen molar-refractivity contribution in [1.29, 1.82) is 0 Å². The number of amides is 3. The molecule has 1 fully saturated rings. The molecule has 0 aliphatic carbocycles. The number of carbonyl (C=O) groups excluding carboxylic acids is 3. The number of alkyl halides is 2. The number of hydrogen-bond donors (Lipinski definition) is 3. The Kier molecular flexibility index (Phi) is 8.15. The number of ether oxygens (including phenoxy) is 2. The van der Waals surface area contributed by atoms with Gasteiger partial charge in [-0.3, -0.25) is 14.4 Å². The maximum absolute atomic E-state index is 13.2. The fourth-order valence-electron chi connectivity index (χ4n) is 5.01. The molecule has 1 saturated heterocycles. The zero-order chi connectivity index (χ0) is 30.1. The van der Waals surface area contributed by atoms with Crippen LogP contribution in [0.25, 0.3) is 10.1 Å². The van der Waals surface area contributed by atoms with Crippen molar-refractivity contribution in [2.24, 2.45) is 0 Å². The number of para-hydroxylation sites is 1. The van der Waals surface area contributed by atoms with Gasteiger partial charge in [0, 0.05) is 39.7 Å². The molecule has 0 saturated carbocycles. The van der Waals surface area contributed by atoms with E-state index in [1.165, 1.54) is 28.0 Å². The zero-order valence-electron chi connectivity index (χ0n) is 22.4. The van der Waals surface area contributed by atoms with Gasteiger partial charge in [-0.1, -0.05) is 23.9 Å². The van der Waals surface area contributed by atoms with Crippen molar-refractivity contribution in [2.75, 3.05) is 18.8 Å². The Morgan fingerprint density at radius 2 is 1.91 bits per heavy atom. The zero-order valence-corrected chi connectivity index (χ0v) is 24.1. The molecule has 3 amide bonds. The van der Waals surface area contributed by atoms with Gasteiger partial charge in [0.25, 0.3) is 5.91 Å². The standard InChI is InChI=1S/C29H25F2N5O5S2/c30-29(31)40-16-10-19(28(39)34-12-17-11-18-22(42-17)7-8-33-26(18)32)36(14-16)25(37)13-35-27(38)15-5-6-24-21(9-15)41-20-3-1-2-4-23(20)43-24/h1-9,11,16,19,29H,10,12-14H2,(H2,32,33)(H,34,39)(H,35,38)/t16-,19+/m1/s1. The second-order valence-corrected chi connectivity index (χ2v) is 12.1. The summed E-state index contributed by atoms with van der Waals surface area (Å²) in [5, 5.41) is 6.11. The van der Waals surface area contributed by atoms with E-state index in [1.54, 1.807) is 24.4 Å². The summed E-state index contributed by atoms with van der Waals surface area (Å²) < 4.78 is 37.4. The fraction of sp³-hybridized carbons (Fsp3) is 0.241. The summed E-state index contributed by atoms with van der Waals surface area (Å²) in [5.41, 5.74) is 6.20. The highest BCUT2D eigenvalue weighted by molar-refractivity contribution is 7.99. The number of thiophene rings is 1. The van der Waals surface area contributed by atoms with E-state index in [2.05, 4.69) is 20.4 Å². The van der Waals surface area contributed by atoms with Crippen molar-refractivity contribution in [3.63, 3.8) is 0 Å². The molecule has 10 nitrogen and oxygen atoms in total. The number of likely N-dealkylation sites (tertiary alicyclic amines) is 1. The number of carbonyl (C=O) groups is 3. The molecule has 2 aliphatic heterocycles. The first-order chi connectivity index (χ1) is 20.7. The average Bonchev–Trinajstić information content (AvgIpc) is 3.62. The SMILES string of the molecule is Nc1nccc2sc(CNC(=O)[C@@H]3C[C@@H](OC(F)F)CN3C(=O)CNC(=O)c3ccc4c(c3)Oc3ccccc3S4)cc12. The smallest absolute Gasteiger partial charge is 0.345 e. The summed E-state index contributed by atoms with van der Waals surface area (Å²) >= 11 is 2.95. The lowest BCUT2D eigenvalue weighted by molar-refractivity contribution is -0.160. The van der Waals surface area contributed by atoms with Gasteiger partial charge in [0.1, 0.15) is 23.4 Å². The Balaban J connectivity index is 1.09. The summed E-state index contributed by atoms with van der Waals surface area (Å²) in [5.74, 6) is -0.0760. The summed E-state index contributed by atoms with van der Waals surface area (Å²) in [6.45, 7) is -3.57.